The topological polar surface area (TPSA) is 22.1 Å². The van der Waals surface area contributed by atoms with Crippen molar-refractivity contribution in [3.63, 3.8) is 0 Å². The molecule has 1 aromatic heterocycles. The van der Waals surface area contributed by atoms with Gasteiger partial charge >= 0.3 is 0 Å². The molecule has 1 fully saturated rings. The zero-order chi connectivity index (χ0) is 11.5. The first-order valence-electron chi connectivity index (χ1n) is 6.06. The first kappa shape index (κ1) is 10.3. The van der Waals surface area contributed by atoms with Crippen LogP contribution in [0.3, 0.4) is 0 Å². The SMILES string of the molecule is c1ccc(-c2cccc(OCC3CC3)c2)nc1. The van der Waals surface area contributed by atoms with Gasteiger partial charge in [-0.05, 0) is 43.0 Å². The third kappa shape index (κ3) is 2.64. The van der Waals surface area contributed by atoms with E-state index in [2.05, 4.69) is 17.1 Å². The van der Waals surface area contributed by atoms with E-state index >= 15 is 0 Å². The van der Waals surface area contributed by atoms with Gasteiger partial charge < -0.3 is 4.74 Å². The lowest BCUT2D eigenvalue weighted by Crippen LogP contribution is -1.98. The summed E-state index contributed by atoms with van der Waals surface area (Å²) in [4.78, 5) is 4.34. The summed E-state index contributed by atoms with van der Waals surface area (Å²) in [5, 5.41) is 0. The third-order valence-corrected chi connectivity index (χ3v) is 2.98. The second kappa shape index (κ2) is 4.58. The number of rotatable bonds is 4. The normalized spacial score (nSPS) is 14.6. The highest BCUT2D eigenvalue weighted by molar-refractivity contribution is 5.60. The van der Waals surface area contributed by atoms with Crippen molar-refractivity contribution in [2.24, 2.45) is 5.92 Å². The fourth-order valence-electron chi connectivity index (χ4n) is 1.78. The average Bonchev–Trinajstić information content (AvgIpc) is 3.22. The molecule has 0 amide bonds. The molecule has 0 aliphatic heterocycles. The van der Waals surface area contributed by atoms with Crippen LogP contribution in [0, 0.1) is 5.92 Å². The molecule has 3 rings (SSSR count). The summed E-state index contributed by atoms with van der Waals surface area (Å²) in [5.41, 5.74) is 2.10. The highest BCUT2D eigenvalue weighted by Gasteiger charge is 2.21. The Labute approximate surface area is 101 Å². The van der Waals surface area contributed by atoms with Crippen molar-refractivity contribution >= 4 is 0 Å². The van der Waals surface area contributed by atoms with E-state index in [0.717, 1.165) is 29.5 Å². The number of nitrogens with zero attached hydrogens (tertiary/aromatic N) is 1. The van der Waals surface area contributed by atoms with Crippen LogP contribution < -0.4 is 4.74 Å². The molecular formula is C15H15NO. The van der Waals surface area contributed by atoms with E-state index in [1.54, 1.807) is 0 Å². The van der Waals surface area contributed by atoms with Crippen LogP contribution in [0.1, 0.15) is 12.8 Å². The summed E-state index contributed by atoms with van der Waals surface area (Å²) < 4.78 is 5.76. The Hall–Kier alpha value is -1.83. The molecule has 0 unspecified atom stereocenters. The Morgan fingerprint density at radius 1 is 1.12 bits per heavy atom. The van der Waals surface area contributed by atoms with Gasteiger partial charge in [-0.15, -0.1) is 0 Å². The van der Waals surface area contributed by atoms with E-state index in [9.17, 15) is 0 Å². The summed E-state index contributed by atoms with van der Waals surface area (Å²) in [5.74, 6) is 1.73. The molecule has 1 saturated carbocycles. The maximum absolute atomic E-state index is 5.76. The summed E-state index contributed by atoms with van der Waals surface area (Å²) in [6.45, 7) is 0.853. The quantitative estimate of drug-likeness (QED) is 0.794. The molecule has 0 atom stereocenters. The van der Waals surface area contributed by atoms with Crippen molar-refractivity contribution in [3.8, 4) is 17.0 Å². The monoisotopic (exact) mass is 225 g/mol. The van der Waals surface area contributed by atoms with Crippen LogP contribution in [0.2, 0.25) is 0 Å². The maximum Gasteiger partial charge on any atom is 0.119 e. The van der Waals surface area contributed by atoms with E-state index < -0.39 is 0 Å². The van der Waals surface area contributed by atoms with Crippen molar-refractivity contribution in [1.29, 1.82) is 0 Å². The molecule has 86 valence electrons. The lowest BCUT2D eigenvalue weighted by Gasteiger charge is -2.07. The minimum absolute atomic E-state index is 0.786. The predicted octanol–water partition coefficient (Wildman–Crippen LogP) is 3.54. The zero-order valence-corrected chi connectivity index (χ0v) is 9.67. The van der Waals surface area contributed by atoms with Gasteiger partial charge in [0, 0.05) is 11.8 Å². The van der Waals surface area contributed by atoms with Crippen molar-refractivity contribution in [3.05, 3.63) is 48.7 Å². The molecule has 0 spiro atoms. The van der Waals surface area contributed by atoms with Crippen LogP contribution in [0.15, 0.2) is 48.7 Å². The lowest BCUT2D eigenvalue weighted by atomic mass is 10.1. The fraction of sp³-hybridized carbons (Fsp3) is 0.267. The second-order valence-electron chi connectivity index (χ2n) is 4.50. The zero-order valence-electron chi connectivity index (χ0n) is 9.67. The number of pyridine rings is 1. The Bertz CT molecular complexity index is 491. The maximum atomic E-state index is 5.76. The number of ether oxygens (including phenoxy) is 1. The number of benzene rings is 1. The molecule has 1 aliphatic carbocycles. The van der Waals surface area contributed by atoms with Crippen LogP contribution in [0.25, 0.3) is 11.3 Å². The molecule has 2 heteroatoms. The summed E-state index contributed by atoms with van der Waals surface area (Å²) in [7, 11) is 0. The van der Waals surface area contributed by atoms with Gasteiger partial charge in [0.05, 0.1) is 12.3 Å². The molecule has 0 bridgehead atoms. The van der Waals surface area contributed by atoms with Gasteiger partial charge in [0.1, 0.15) is 5.75 Å². The van der Waals surface area contributed by atoms with Gasteiger partial charge in [-0.25, -0.2) is 0 Å². The molecule has 2 aromatic rings. The van der Waals surface area contributed by atoms with Crippen LogP contribution in [0.5, 0.6) is 5.75 Å². The molecular weight excluding hydrogens is 210 g/mol. The Balaban J connectivity index is 1.78. The van der Waals surface area contributed by atoms with Crippen molar-refractivity contribution < 1.29 is 4.74 Å². The highest BCUT2D eigenvalue weighted by Crippen LogP contribution is 2.30. The standard InChI is InChI=1S/C15H15NO/c1-2-9-16-15(6-1)13-4-3-5-14(10-13)17-11-12-7-8-12/h1-6,9-10,12H,7-8,11H2. The third-order valence-electron chi connectivity index (χ3n) is 2.98. The van der Waals surface area contributed by atoms with E-state index in [0.29, 0.717) is 0 Å². The smallest absolute Gasteiger partial charge is 0.119 e. The van der Waals surface area contributed by atoms with Gasteiger partial charge in [0.15, 0.2) is 0 Å². The molecule has 1 aliphatic rings. The van der Waals surface area contributed by atoms with E-state index in [-0.39, 0.29) is 0 Å². The predicted molar refractivity (Wildman–Crippen MR) is 67.9 cm³/mol. The summed E-state index contributed by atoms with van der Waals surface area (Å²) in [6, 6.07) is 14.1. The van der Waals surface area contributed by atoms with Crippen molar-refractivity contribution in [2.45, 2.75) is 12.8 Å². The molecule has 17 heavy (non-hydrogen) atoms. The van der Waals surface area contributed by atoms with E-state index in [1.807, 2.05) is 36.5 Å². The van der Waals surface area contributed by atoms with Gasteiger partial charge in [0.2, 0.25) is 0 Å². The molecule has 1 heterocycles. The van der Waals surface area contributed by atoms with Crippen molar-refractivity contribution in [1.82, 2.24) is 4.98 Å². The van der Waals surface area contributed by atoms with E-state index in [1.165, 1.54) is 12.8 Å². The highest BCUT2D eigenvalue weighted by atomic mass is 16.5. The first-order chi connectivity index (χ1) is 8.42. The van der Waals surface area contributed by atoms with Crippen LogP contribution in [0.4, 0.5) is 0 Å². The fourth-order valence-corrected chi connectivity index (χ4v) is 1.78. The first-order valence-corrected chi connectivity index (χ1v) is 6.06. The Morgan fingerprint density at radius 2 is 2.06 bits per heavy atom. The van der Waals surface area contributed by atoms with Crippen molar-refractivity contribution in [2.75, 3.05) is 6.61 Å². The lowest BCUT2D eigenvalue weighted by molar-refractivity contribution is 0.300. The average molecular weight is 225 g/mol. The number of aromatic nitrogens is 1. The van der Waals surface area contributed by atoms with E-state index in [4.69, 9.17) is 4.74 Å². The van der Waals surface area contributed by atoms with Crippen LogP contribution in [-0.4, -0.2) is 11.6 Å². The van der Waals surface area contributed by atoms with Gasteiger partial charge in [-0.2, -0.15) is 0 Å². The summed E-state index contributed by atoms with van der Waals surface area (Å²) >= 11 is 0. The van der Waals surface area contributed by atoms with Crippen LogP contribution in [-0.2, 0) is 0 Å². The minimum Gasteiger partial charge on any atom is -0.493 e. The minimum atomic E-state index is 0.786. The molecule has 0 saturated heterocycles. The Morgan fingerprint density at radius 3 is 2.82 bits per heavy atom. The second-order valence-corrected chi connectivity index (χ2v) is 4.50. The number of hydrogen-bond acceptors (Lipinski definition) is 2. The molecule has 0 N–H and O–H groups in total. The summed E-state index contributed by atoms with van der Waals surface area (Å²) in [6.07, 6.45) is 4.45. The van der Waals surface area contributed by atoms with Crippen LogP contribution >= 0.6 is 0 Å². The Kier molecular flexibility index (Phi) is 2.78. The van der Waals surface area contributed by atoms with Gasteiger partial charge in [-0.1, -0.05) is 18.2 Å². The molecule has 0 radical (unpaired) electrons. The molecule has 1 aromatic carbocycles. The van der Waals surface area contributed by atoms with Gasteiger partial charge in [0.25, 0.3) is 0 Å². The van der Waals surface area contributed by atoms with Gasteiger partial charge in [-0.3, -0.25) is 4.98 Å². The largest absolute Gasteiger partial charge is 0.493 e. The molecule has 2 nitrogen and oxygen atoms in total. The number of hydrogen-bond donors (Lipinski definition) is 0.